The molecule has 2 amide bonds. The summed E-state index contributed by atoms with van der Waals surface area (Å²) < 4.78 is 11.4. The first kappa shape index (κ1) is 44.9. The third-order valence-corrected chi connectivity index (χ3v) is 14.7. The fourth-order valence-corrected chi connectivity index (χ4v) is 11.6. The molecule has 12 heteroatoms. The van der Waals surface area contributed by atoms with Crippen molar-refractivity contribution in [2.75, 3.05) is 24.7 Å². The molecule has 2 aliphatic carbocycles. The van der Waals surface area contributed by atoms with Crippen molar-refractivity contribution in [3.63, 3.8) is 0 Å². The van der Waals surface area contributed by atoms with Crippen molar-refractivity contribution in [2.45, 2.75) is 28.3 Å². The second-order valence-electron chi connectivity index (χ2n) is 16.4. The number of fused-ring (bicyclic) bond motifs is 6. The fourth-order valence-electron chi connectivity index (χ4n) is 9.78. The van der Waals surface area contributed by atoms with E-state index in [9.17, 15) is 24.6 Å². The molecule has 0 heterocycles. The number of aliphatic carboxylic acids is 2. The lowest BCUT2D eigenvalue weighted by atomic mass is 9.84. The predicted molar refractivity (Wildman–Crippen MR) is 262 cm³/mol. The number of amides is 2. The number of carboxylic acid groups (broad SMARTS) is 2. The van der Waals surface area contributed by atoms with Crippen LogP contribution in [-0.2, 0) is 29.3 Å². The summed E-state index contributed by atoms with van der Waals surface area (Å²) in [5, 5.41) is 24.1. The first-order chi connectivity index (χ1) is 32.7. The van der Waals surface area contributed by atoms with Crippen LogP contribution in [0.3, 0.4) is 0 Å². The molecule has 0 unspecified atom stereocenters. The van der Waals surface area contributed by atoms with Gasteiger partial charge in [0.25, 0.3) is 0 Å². The molecule has 0 aliphatic heterocycles. The van der Waals surface area contributed by atoms with Crippen LogP contribution in [0.2, 0.25) is 0 Å². The summed E-state index contributed by atoms with van der Waals surface area (Å²) in [6.45, 7) is -0.715. The summed E-state index contributed by atoms with van der Waals surface area (Å²) >= 11 is 5.84. The first-order valence-electron chi connectivity index (χ1n) is 21.8. The van der Waals surface area contributed by atoms with Crippen molar-refractivity contribution in [2.24, 2.45) is 0 Å². The Morgan fingerprint density at radius 1 is 0.597 bits per heavy atom. The zero-order chi connectivity index (χ0) is 46.5. The van der Waals surface area contributed by atoms with E-state index in [0.717, 1.165) is 43.8 Å². The largest absolute Gasteiger partial charge is 0.480 e. The quantitative estimate of drug-likeness (QED) is 0.0550. The molecule has 0 bridgehead atoms. The number of benzene rings is 7. The minimum absolute atomic E-state index is 0.0907. The van der Waals surface area contributed by atoms with Crippen molar-refractivity contribution in [1.82, 2.24) is 10.2 Å². The Balaban J connectivity index is 1.05. The van der Waals surface area contributed by atoms with E-state index in [1.54, 1.807) is 24.3 Å². The molecule has 0 radical (unpaired) electrons. The van der Waals surface area contributed by atoms with Crippen molar-refractivity contribution in [3.8, 4) is 22.3 Å². The van der Waals surface area contributed by atoms with Crippen LogP contribution in [0.25, 0.3) is 22.3 Å². The number of thioether (sulfide) groups is 1. The Labute approximate surface area is 398 Å². The molecular weight excluding hydrogens is 881 g/mol. The highest BCUT2D eigenvalue weighted by Gasteiger charge is 2.55. The van der Waals surface area contributed by atoms with Gasteiger partial charge in [-0.25, -0.2) is 19.2 Å². The SMILES string of the molecule is O=C(N[C@@H](CSC(c1ccccc1)(c1ccccc1)c1ccccc1)C(=O)O)OCC1(N(C(=O)OCC2c3ccccc3-c3ccccc32)[C@@H](CS)C(=O)O)c2ccccc2-c2ccccc21. The fraction of sp³-hybridized carbons (Fsp3) is 0.164. The van der Waals surface area contributed by atoms with Gasteiger partial charge in [0, 0.05) is 17.4 Å². The summed E-state index contributed by atoms with van der Waals surface area (Å²) in [6.07, 6.45) is -2.04. The van der Waals surface area contributed by atoms with E-state index < -0.39 is 53.1 Å². The summed E-state index contributed by atoms with van der Waals surface area (Å²) in [6, 6.07) is 56.6. The van der Waals surface area contributed by atoms with Crippen LogP contribution >= 0.6 is 24.4 Å². The maximum absolute atomic E-state index is 15.1. The number of ether oxygens (including phenoxy) is 2. The summed E-state index contributed by atoms with van der Waals surface area (Å²) in [5.74, 6) is -3.39. The van der Waals surface area contributed by atoms with Crippen molar-refractivity contribution >= 4 is 48.5 Å². The molecule has 9 rings (SSSR count). The molecular formula is C55H46N2O8S2. The van der Waals surface area contributed by atoms with Gasteiger partial charge in [0.1, 0.15) is 30.8 Å². The molecule has 7 aromatic carbocycles. The lowest BCUT2D eigenvalue weighted by Gasteiger charge is -2.44. The van der Waals surface area contributed by atoms with Gasteiger partial charge in [-0.1, -0.05) is 188 Å². The van der Waals surface area contributed by atoms with Crippen molar-refractivity contribution in [1.29, 1.82) is 0 Å². The second kappa shape index (κ2) is 19.3. The Kier molecular flexibility index (Phi) is 12.9. The highest BCUT2D eigenvalue weighted by molar-refractivity contribution is 8.00. The topological polar surface area (TPSA) is 142 Å². The number of nitrogens with one attached hydrogen (secondary N) is 1. The highest BCUT2D eigenvalue weighted by atomic mass is 32.2. The average molecular weight is 927 g/mol. The van der Waals surface area contributed by atoms with Gasteiger partial charge in [-0.2, -0.15) is 12.6 Å². The van der Waals surface area contributed by atoms with Gasteiger partial charge in [0.05, 0.1) is 4.75 Å². The maximum Gasteiger partial charge on any atom is 0.411 e. The Hall–Kier alpha value is -7.28. The van der Waals surface area contributed by atoms with Crippen LogP contribution in [-0.4, -0.2) is 76.0 Å². The number of hydrogen-bond acceptors (Lipinski definition) is 8. The summed E-state index contributed by atoms with van der Waals surface area (Å²) in [7, 11) is 0. The van der Waals surface area contributed by atoms with Crippen LogP contribution in [0.5, 0.6) is 0 Å². The van der Waals surface area contributed by atoms with Crippen LogP contribution in [0.4, 0.5) is 9.59 Å². The van der Waals surface area contributed by atoms with Crippen molar-refractivity contribution in [3.05, 3.63) is 227 Å². The van der Waals surface area contributed by atoms with Gasteiger partial charge >= 0.3 is 24.1 Å². The maximum atomic E-state index is 15.1. The number of hydrogen-bond donors (Lipinski definition) is 4. The van der Waals surface area contributed by atoms with E-state index in [4.69, 9.17) is 9.47 Å². The molecule has 10 nitrogen and oxygen atoms in total. The van der Waals surface area contributed by atoms with Gasteiger partial charge in [-0.15, -0.1) is 11.8 Å². The number of carbonyl (C=O) groups is 4. The smallest absolute Gasteiger partial charge is 0.411 e. The van der Waals surface area contributed by atoms with E-state index >= 15 is 4.79 Å². The number of thiol groups is 1. The number of carboxylic acids is 2. The van der Waals surface area contributed by atoms with Crippen molar-refractivity contribution < 1.29 is 38.9 Å². The van der Waals surface area contributed by atoms with Crippen LogP contribution in [0, 0.1) is 0 Å². The molecule has 0 saturated heterocycles. The molecule has 2 aliphatic rings. The summed E-state index contributed by atoms with van der Waals surface area (Å²) in [4.78, 5) is 56.9. The normalized spacial score (nSPS) is 14.0. The van der Waals surface area contributed by atoms with Gasteiger partial charge in [0.15, 0.2) is 0 Å². The molecule has 0 aromatic heterocycles. The molecule has 336 valence electrons. The third kappa shape index (κ3) is 8.21. The van der Waals surface area contributed by atoms with E-state index in [1.807, 2.05) is 164 Å². The molecule has 0 spiro atoms. The number of carbonyl (C=O) groups excluding carboxylic acids is 2. The lowest BCUT2D eigenvalue weighted by molar-refractivity contribution is -0.144. The van der Waals surface area contributed by atoms with E-state index in [2.05, 4.69) is 17.9 Å². The molecule has 2 atom stereocenters. The molecule has 0 saturated carbocycles. The predicted octanol–water partition coefficient (Wildman–Crippen LogP) is 10.4. The molecule has 0 fully saturated rings. The number of nitrogens with zero attached hydrogens (tertiary/aromatic N) is 1. The summed E-state index contributed by atoms with van der Waals surface area (Å²) in [5.41, 5.74) is 7.33. The monoisotopic (exact) mass is 926 g/mol. The second-order valence-corrected chi connectivity index (χ2v) is 18.0. The third-order valence-electron chi connectivity index (χ3n) is 12.8. The van der Waals surface area contributed by atoms with E-state index in [1.165, 1.54) is 11.8 Å². The zero-order valence-corrected chi connectivity index (χ0v) is 37.8. The first-order valence-corrected chi connectivity index (χ1v) is 23.4. The number of alkyl carbamates (subject to hydrolysis) is 1. The molecule has 7 aromatic rings. The Bertz CT molecular complexity index is 2750. The average Bonchev–Trinajstić information content (AvgIpc) is 3.84. The molecule has 67 heavy (non-hydrogen) atoms. The van der Waals surface area contributed by atoms with Gasteiger partial charge in [0.2, 0.25) is 0 Å². The van der Waals surface area contributed by atoms with Gasteiger partial charge in [-0.3, -0.25) is 4.90 Å². The standard InChI is InChI=1S/C55H46N2O8S2/c58-50(59)48(34-67-55(36-18-4-1-5-19-36,37-20-6-2-7-21-37)38-22-8-3-9-23-38)56-52(62)65-35-54(46-30-16-14-28-43(46)44-29-15-17-31-47(44)54)57(49(33-66)51(60)61)53(63)64-32-45-41-26-12-10-24-39(41)40-25-11-13-27-42(40)45/h1-31,45,48-49,66H,32-35H2,(H,56,62)(H,58,59)(H,60,61)/t48-,49-/m0/s1. The van der Waals surface area contributed by atoms with Crippen LogP contribution < -0.4 is 5.32 Å². The minimum atomic E-state index is -1.77. The molecule has 3 N–H and O–H groups in total. The highest BCUT2D eigenvalue weighted by Crippen LogP contribution is 2.53. The Morgan fingerprint density at radius 2 is 1.03 bits per heavy atom. The van der Waals surface area contributed by atoms with Gasteiger partial charge in [-0.05, 0) is 61.2 Å². The number of rotatable bonds is 16. The zero-order valence-electron chi connectivity index (χ0n) is 36.1. The van der Waals surface area contributed by atoms with E-state index in [-0.39, 0.29) is 24.0 Å². The van der Waals surface area contributed by atoms with Gasteiger partial charge < -0.3 is 25.0 Å². The lowest BCUT2D eigenvalue weighted by Crippen LogP contribution is -2.60. The van der Waals surface area contributed by atoms with Crippen LogP contribution in [0.1, 0.15) is 44.9 Å². The minimum Gasteiger partial charge on any atom is -0.480 e. The van der Waals surface area contributed by atoms with Crippen LogP contribution in [0.15, 0.2) is 188 Å². The Morgan fingerprint density at radius 3 is 1.48 bits per heavy atom. The van der Waals surface area contributed by atoms with E-state index in [0.29, 0.717) is 22.3 Å².